The van der Waals surface area contributed by atoms with Gasteiger partial charge in [-0.2, -0.15) is 10.4 Å². The highest BCUT2D eigenvalue weighted by Crippen LogP contribution is 2.16. The van der Waals surface area contributed by atoms with Gasteiger partial charge in [0.15, 0.2) is 5.78 Å². The number of allylic oxidation sites excluding steroid dienone is 1. The third-order valence-corrected chi connectivity index (χ3v) is 3.72. The predicted octanol–water partition coefficient (Wildman–Crippen LogP) is 3.67. The van der Waals surface area contributed by atoms with Crippen LogP contribution in [0.4, 0.5) is 0 Å². The van der Waals surface area contributed by atoms with Crippen LogP contribution in [0.5, 0.6) is 5.75 Å². The van der Waals surface area contributed by atoms with Gasteiger partial charge in [-0.25, -0.2) is 0 Å². The highest BCUT2D eigenvalue weighted by Gasteiger charge is 2.10. The van der Waals surface area contributed by atoms with Crippen LogP contribution in [0.15, 0.2) is 53.1 Å². The average molecular weight is 347 g/mol. The predicted molar refractivity (Wildman–Crippen MR) is 95.5 cm³/mol. The van der Waals surface area contributed by atoms with E-state index in [1.807, 2.05) is 0 Å². The summed E-state index contributed by atoms with van der Waals surface area (Å²) in [6.45, 7) is 2.06. The number of furan rings is 1. The molecule has 2 heterocycles. The minimum atomic E-state index is -0.123. The Morgan fingerprint density at radius 2 is 2.08 bits per heavy atom. The molecule has 6 heteroatoms. The molecule has 0 radical (unpaired) electrons. The number of aryl methyl sites for hydroxylation is 2. The molecule has 26 heavy (non-hydrogen) atoms. The Bertz CT molecular complexity index is 988. The SMILES string of the molecule is Cc1nn(C)cc1C(=O)/C=C/c1ccc(COc2ccc(C#N)cc2)o1. The smallest absolute Gasteiger partial charge is 0.189 e. The summed E-state index contributed by atoms with van der Waals surface area (Å²) in [5, 5.41) is 12.9. The summed E-state index contributed by atoms with van der Waals surface area (Å²) in [6, 6.07) is 12.5. The molecule has 0 bridgehead atoms. The van der Waals surface area contributed by atoms with Gasteiger partial charge in [-0.15, -0.1) is 0 Å². The van der Waals surface area contributed by atoms with E-state index in [2.05, 4.69) is 11.2 Å². The molecule has 2 aromatic heterocycles. The van der Waals surface area contributed by atoms with Crippen molar-refractivity contribution in [3.8, 4) is 11.8 Å². The highest BCUT2D eigenvalue weighted by molar-refractivity contribution is 6.07. The summed E-state index contributed by atoms with van der Waals surface area (Å²) < 4.78 is 12.9. The number of hydrogen-bond donors (Lipinski definition) is 0. The first-order valence-electron chi connectivity index (χ1n) is 7.99. The van der Waals surface area contributed by atoms with Crippen LogP contribution in [0.1, 0.15) is 33.1 Å². The number of nitriles is 1. The molecule has 0 aliphatic carbocycles. The van der Waals surface area contributed by atoms with E-state index in [1.54, 1.807) is 67.3 Å². The average Bonchev–Trinajstić information content (AvgIpc) is 3.24. The molecule has 0 spiro atoms. The lowest BCUT2D eigenvalue weighted by atomic mass is 10.1. The normalized spacial score (nSPS) is 10.8. The van der Waals surface area contributed by atoms with Gasteiger partial charge in [0.2, 0.25) is 0 Å². The fourth-order valence-corrected chi connectivity index (χ4v) is 2.43. The number of ketones is 1. The van der Waals surface area contributed by atoms with Gasteiger partial charge < -0.3 is 9.15 Å². The van der Waals surface area contributed by atoms with Gasteiger partial charge in [0.1, 0.15) is 23.9 Å². The van der Waals surface area contributed by atoms with Crippen molar-refractivity contribution in [1.29, 1.82) is 5.26 Å². The van der Waals surface area contributed by atoms with Crippen LogP contribution in [0.25, 0.3) is 6.08 Å². The Morgan fingerprint density at radius 3 is 2.73 bits per heavy atom. The molecule has 0 aliphatic heterocycles. The maximum absolute atomic E-state index is 12.2. The van der Waals surface area contributed by atoms with Crippen molar-refractivity contribution >= 4 is 11.9 Å². The first-order valence-corrected chi connectivity index (χ1v) is 7.99. The standard InChI is InChI=1S/C20H17N3O3/c1-14-19(12-23(2)22-14)20(24)10-9-17-7-8-18(26-17)13-25-16-5-3-15(11-21)4-6-16/h3-10,12H,13H2,1-2H3/b10-9+. The zero-order valence-corrected chi connectivity index (χ0v) is 14.5. The van der Waals surface area contributed by atoms with Crippen molar-refractivity contribution in [2.75, 3.05) is 0 Å². The molecule has 6 nitrogen and oxygen atoms in total. The molecule has 0 saturated heterocycles. The lowest BCUT2D eigenvalue weighted by Gasteiger charge is -2.03. The van der Waals surface area contributed by atoms with Crippen molar-refractivity contribution in [1.82, 2.24) is 9.78 Å². The molecule has 0 unspecified atom stereocenters. The number of rotatable bonds is 6. The first-order chi connectivity index (χ1) is 12.5. The van der Waals surface area contributed by atoms with Crippen LogP contribution in [0, 0.1) is 18.3 Å². The van der Waals surface area contributed by atoms with E-state index in [4.69, 9.17) is 14.4 Å². The van der Waals surface area contributed by atoms with E-state index in [9.17, 15) is 4.79 Å². The molecule has 0 fully saturated rings. The van der Waals surface area contributed by atoms with Gasteiger partial charge in [0, 0.05) is 13.2 Å². The van der Waals surface area contributed by atoms with Crippen molar-refractivity contribution in [3.05, 3.63) is 77.0 Å². The lowest BCUT2D eigenvalue weighted by Crippen LogP contribution is -1.94. The molecule has 0 amide bonds. The molecule has 0 atom stereocenters. The second-order valence-electron chi connectivity index (χ2n) is 5.73. The molecule has 0 N–H and O–H groups in total. The van der Waals surface area contributed by atoms with E-state index >= 15 is 0 Å². The van der Waals surface area contributed by atoms with Crippen LogP contribution < -0.4 is 4.74 Å². The maximum atomic E-state index is 12.2. The molecule has 0 aliphatic rings. The number of nitrogens with zero attached hydrogens (tertiary/aromatic N) is 3. The summed E-state index contributed by atoms with van der Waals surface area (Å²) >= 11 is 0. The Balaban J connectivity index is 1.59. The van der Waals surface area contributed by atoms with Gasteiger partial charge >= 0.3 is 0 Å². The lowest BCUT2D eigenvalue weighted by molar-refractivity contribution is 0.104. The molecular formula is C20H17N3O3. The van der Waals surface area contributed by atoms with E-state index in [0.717, 1.165) is 0 Å². The monoisotopic (exact) mass is 347 g/mol. The summed E-state index contributed by atoms with van der Waals surface area (Å²) in [5.74, 6) is 1.74. The third-order valence-electron chi connectivity index (χ3n) is 3.72. The second-order valence-corrected chi connectivity index (χ2v) is 5.73. The number of hydrogen-bond acceptors (Lipinski definition) is 5. The fraction of sp³-hybridized carbons (Fsp3) is 0.150. The second kappa shape index (κ2) is 7.53. The van der Waals surface area contributed by atoms with Crippen molar-refractivity contribution in [2.24, 2.45) is 7.05 Å². The molecule has 0 saturated carbocycles. The first kappa shape index (κ1) is 17.2. The number of ether oxygens (including phenoxy) is 1. The zero-order valence-electron chi connectivity index (χ0n) is 14.5. The molecule has 1 aromatic carbocycles. The molecule has 3 rings (SSSR count). The summed E-state index contributed by atoms with van der Waals surface area (Å²) in [6.07, 6.45) is 4.79. The van der Waals surface area contributed by atoms with E-state index in [0.29, 0.717) is 34.1 Å². The van der Waals surface area contributed by atoms with E-state index < -0.39 is 0 Å². The third kappa shape index (κ3) is 4.08. The van der Waals surface area contributed by atoms with Crippen molar-refractivity contribution in [2.45, 2.75) is 13.5 Å². The van der Waals surface area contributed by atoms with Crippen LogP contribution in [0.2, 0.25) is 0 Å². The minimum Gasteiger partial charge on any atom is -0.486 e. The van der Waals surface area contributed by atoms with Crippen LogP contribution >= 0.6 is 0 Å². The van der Waals surface area contributed by atoms with Crippen LogP contribution in [-0.4, -0.2) is 15.6 Å². The van der Waals surface area contributed by atoms with E-state index in [-0.39, 0.29) is 12.4 Å². The summed E-state index contributed by atoms with van der Waals surface area (Å²) in [5.41, 5.74) is 1.84. The van der Waals surface area contributed by atoms with Gasteiger partial charge in [-0.3, -0.25) is 9.48 Å². The minimum absolute atomic E-state index is 0.123. The number of benzene rings is 1. The van der Waals surface area contributed by atoms with Crippen molar-refractivity contribution in [3.63, 3.8) is 0 Å². The van der Waals surface area contributed by atoms with Crippen LogP contribution in [-0.2, 0) is 13.7 Å². The van der Waals surface area contributed by atoms with Crippen molar-refractivity contribution < 1.29 is 13.9 Å². The van der Waals surface area contributed by atoms with Crippen LogP contribution in [0.3, 0.4) is 0 Å². The topological polar surface area (TPSA) is 81.0 Å². The number of carbonyl (C=O) groups excluding carboxylic acids is 1. The Hall–Kier alpha value is -3.59. The largest absolute Gasteiger partial charge is 0.486 e. The van der Waals surface area contributed by atoms with Gasteiger partial charge in [0.25, 0.3) is 0 Å². The summed E-state index contributed by atoms with van der Waals surface area (Å²) in [4.78, 5) is 12.2. The van der Waals surface area contributed by atoms with Gasteiger partial charge in [0.05, 0.1) is 22.9 Å². The van der Waals surface area contributed by atoms with Gasteiger partial charge in [-0.05, 0) is 55.5 Å². The maximum Gasteiger partial charge on any atom is 0.189 e. The zero-order chi connectivity index (χ0) is 18.5. The molecular weight excluding hydrogens is 330 g/mol. The van der Waals surface area contributed by atoms with Gasteiger partial charge in [-0.1, -0.05) is 0 Å². The quantitative estimate of drug-likeness (QED) is 0.502. The molecule has 130 valence electrons. The number of carbonyl (C=O) groups is 1. The highest BCUT2D eigenvalue weighted by atomic mass is 16.5. The number of aromatic nitrogens is 2. The Morgan fingerprint density at radius 1 is 1.31 bits per heavy atom. The van der Waals surface area contributed by atoms with E-state index in [1.165, 1.54) is 6.08 Å². The fourth-order valence-electron chi connectivity index (χ4n) is 2.43. The Labute approximate surface area is 150 Å². The molecule has 3 aromatic rings. The summed E-state index contributed by atoms with van der Waals surface area (Å²) in [7, 11) is 1.78. The Kier molecular flexibility index (Phi) is 4.99.